The van der Waals surface area contributed by atoms with Crippen LogP contribution in [0.4, 0.5) is 0 Å². The van der Waals surface area contributed by atoms with Crippen molar-refractivity contribution in [2.75, 3.05) is 5.75 Å². The first-order valence-corrected chi connectivity index (χ1v) is 12.7. The van der Waals surface area contributed by atoms with Crippen LogP contribution in [0.5, 0.6) is 0 Å². The van der Waals surface area contributed by atoms with Gasteiger partial charge < -0.3 is 9.47 Å². The van der Waals surface area contributed by atoms with Crippen molar-refractivity contribution in [1.82, 2.24) is 20.2 Å². The average Bonchev–Trinajstić information content (AvgIpc) is 3.63. The molecule has 1 aromatic heterocycles. The third-order valence-electron chi connectivity index (χ3n) is 6.64. The Kier molecular flexibility index (Phi) is 5.91. The smallest absolute Gasteiger partial charge is 0.214 e. The first-order chi connectivity index (χ1) is 16.8. The van der Waals surface area contributed by atoms with Crippen LogP contribution in [0.3, 0.4) is 0 Å². The van der Waals surface area contributed by atoms with Crippen LogP contribution in [0.15, 0.2) is 96.2 Å². The largest absolute Gasteiger partial charge is 0.339 e. The molecule has 0 unspecified atom stereocenters. The van der Waals surface area contributed by atoms with Crippen molar-refractivity contribution in [3.63, 3.8) is 0 Å². The van der Waals surface area contributed by atoms with Crippen LogP contribution in [-0.4, -0.2) is 31.7 Å². The van der Waals surface area contributed by atoms with Crippen molar-refractivity contribution in [2.45, 2.75) is 42.4 Å². The molecule has 1 saturated carbocycles. The first kappa shape index (κ1) is 21.5. The van der Waals surface area contributed by atoms with Gasteiger partial charge in [0.05, 0.1) is 5.69 Å². The fourth-order valence-corrected chi connectivity index (χ4v) is 6.03. The standard InChI is InChI=1S/C27H26N4O2S/c1-4-10-21(11-5-1)24-25(22-12-6-2-7-13-22)33-27(32-24)17-16-20(18-27)19-34-26-28-29-30-31(26)23-14-8-3-9-15-23/h1-15,20,24-25H,16-19H2/t20-,24+,25+/m0/s1. The molecule has 4 aromatic rings. The molecule has 1 aliphatic heterocycles. The predicted octanol–water partition coefficient (Wildman–Crippen LogP) is 5.78. The molecule has 0 amide bonds. The van der Waals surface area contributed by atoms with E-state index in [-0.39, 0.29) is 12.2 Å². The molecule has 1 spiro atoms. The SMILES string of the molecule is c1ccc([C@H]2OC3(CC[C@H](CSc4nnnn4-c4ccccc4)C3)O[C@@H]2c2ccccc2)cc1. The van der Waals surface area contributed by atoms with Gasteiger partial charge in [0.2, 0.25) is 5.16 Å². The van der Waals surface area contributed by atoms with Crippen LogP contribution >= 0.6 is 11.8 Å². The molecule has 3 atom stereocenters. The minimum atomic E-state index is -0.544. The predicted molar refractivity (Wildman–Crippen MR) is 130 cm³/mol. The van der Waals surface area contributed by atoms with Crippen LogP contribution < -0.4 is 0 Å². The Bertz CT molecular complexity index is 1170. The van der Waals surface area contributed by atoms with Crippen LogP contribution in [0.25, 0.3) is 5.69 Å². The van der Waals surface area contributed by atoms with E-state index >= 15 is 0 Å². The molecule has 0 N–H and O–H groups in total. The fraction of sp³-hybridized carbons (Fsp3) is 0.296. The average molecular weight is 471 g/mol. The van der Waals surface area contributed by atoms with Gasteiger partial charge in [-0.05, 0) is 46.0 Å². The second-order valence-corrected chi connectivity index (χ2v) is 9.92. The Morgan fingerprint density at radius 3 is 2.03 bits per heavy atom. The molecule has 2 fully saturated rings. The maximum absolute atomic E-state index is 6.75. The second kappa shape index (κ2) is 9.33. The van der Waals surface area contributed by atoms with E-state index < -0.39 is 5.79 Å². The molecule has 34 heavy (non-hydrogen) atoms. The van der Waals surface area contributed by atoms with Crippen LogP contribution in [0.2, 0.25) is 0 Å². The molecule has 3 aromatic carbocycles. The number of nitrogens with zero attached hydrogens (tertiary/aromatic N) is 4. The minimum absolute atomic E-state index is 0.111. The van der Waals surface area contributed by atoms with Gasteiger partial charge in [-0.2, -0.15) is 4.68 Å². The van der Waals surface area contributed by atoms with E-state index in [0.29, 0.717) is 5.92 Å². The monoisotopic (exact) mass is 470 g/mol. The molecular weight excluding hydrogens is 444 g/mol. The number of hydrogen-bond acceptors (Lipinski definition) is 6. The van der Waals surface area contributed by atoms with Crippen LogP contribution in [0.1, 0.15) is 42.6 Å². The number of thioether (sulfide) groups is 1. The molecule has 6 rings (SSSR count). The van der Waals surface area contributed by atoms with Gasteiger partial charge in [-0.25, -0.2) is 0 Å². The van der Waals surface area contributed by atoms with E-state index in [2.05, 4.69) is 64.1 Å². The van der Waals surface area contributed by atoms with E-state index in [4.69, 9.17) is 9.47 Å². The lowest BCUT2D eigenvalue weighted by Gasteiger charge is -2.23. The zero-order valence-corrected chi connectivity index (χ0v) is 19.6. The molecule has 172 valence electrons. The van der Waals surface area contributed by atoms with Crippen molar-refractivity contribution < 1.29 is 9.47 Å². The highest BCUT2D eigenvalue weighted by Gasteiger charge is 2.52. The normalized spacial score (nSPS) is 23.5. The summed E-state index contributed by atoms with van der Waals surface area (Å²) in [6, 6.07) is 30.9. The van der Waals surface area contributed by atoms with Crippen molar-refractivity contribution in [2.24, 2.45) is 5.92 Å². The molecule has 6 nitrogen and oxygen atoms in total. The summed E-state index contributed by atoms with van der Waals surface area (Å²) in [5.41, 5.74) is 3.29. The van der Waals surface area contributed by atoms with Crippen molar-refractivity contribution in [3.05, 3.63) is 102 Å². The Morgan fingerprint density at radius 2 is 1.41 bits per heavy atom. The summed E-state index contributed by atoms with van der Waals surface area (Å²) in [6.07, 6.45) is 2.61. The highest BCUT2D eigenvalue weighted by molar-refractivity contribution is 7.99. The lowest BCUT2D eigenvalue weighted by Crippen LogP contribution is -2.26. The lowest BCUT2D eigenvalue weighted by atomic mass is 9.99. The maximum Gasteiger partial charge on any atom is 0.214 e. The molecule has 0 bridgehead atoms. The van der Waals surface area contributed by atoms with E-state index in [1.807, 2.05) is 42.5 Å². The number of tetrazole rings is 1. The molecule has 2 aliphatic rings. The number of para-hydroxylation sites is 1. The highest BCUT2D eigenvalue weighted by atomic mass is 32.2. The van der Waals surface area contributed by atoms with Gasteiger partial charge in [0.1, 0.15) is 12.2 Å². The quantitative estimate of drug-likeness (QED) is 0.333. The van der Waals surface area contributed by atoms with E-state index in [9.17, 15) is 0 Å². The molecule has 1 aliphatic carbocycles. The Labute approximate surface area is 203 Å². The second-order valence-electron chi connectivity index (χ2n) is 8.94. The molecule has 0 radical (unpaired) electrons. The summed E-state index contributed by atoms with van der Waals surface area (Å²) < 4.78 is 15.3. The van der Waals surface area contributed by atoms with Gasteiger partial charge in [-0.1, -0.05) is 90.6 Å². The summed E-state index contributed by atoms with van der Waals surface area (Å²) >= 11 is 1.70. The van der Waals surface area contributed by atoms with Crippen molar-refractivity contribution in [1.29, 1.82) is 0 Å². The summed E-state index contributed by atoms with van der Waals surface area (Å²) in [7, 11) is 0. The lowest BCUT2D eigenvalue weighted by molar-refractivity contribution is -0.172. The minimum Gasteiger partial charge on any atom is -0.339 e. The number of hydrogen-bond donors (Lipinski definition) is 0. The fourth-order valence-electron chi connectivity index (χ4n) is 5.00. The van der Waals surface area contributed by atoms with Gasteiger partial charge in [-0.15, -0.1) is 5.10 Å². The van der Waals surface area contributed by atoms with Gasteiger partial charge in [-0.3, -0.25) is 0 Å². The molecule has 7 heteroatoms. The van der Waals surface area contributed by atoms with Crippen LogP contribution in [-0.2, 0) is 9.47 Å². The Hall–Kier alpha value is -3.00. The summed E-state index contributed by atoms with van der Waals surface area (Å²) in [5.74, 6) is 0.850. The number of benzene rings is 3. The summed E-state index contributed by atoms with van der Waals surface area (Å²) in [6.45, 7) is 0. The zero-order chi connectivity index (χ0) is 22.8. The molecule has 2 heterocycles. The molecule has 1 saturated heterocycles. The van der Waals surface area contributed by atoms with Gasteiger partial charge in [0, 0.05) is 18.6 Å². The first-order valence-electron chi connectivity index (χ1n) is 11.7. The molecular formula is C27H26N4O2S. The van der Waals surface area contributed by atoms with E-state index in [1.165, 1.54) is 0 Å². The van der Waals surface area contributed by atoms with Crippen LogP contribution in [0, 0.1) is 5.92 Å². The number of rotatable bonds is 6. The number of ether oxygens (including phenoxy) is 2. The van der Waals surface area contributed by atoms with E-state index in [1.54, 1.807) is 16.4 Å². The van der Waals surface area contributed by atoms with Gasteiger partial charge in [0.15, 0.2) is 5.79 Å². The van der Waals surface area contributed by atoms with Crippen molar-refractivity contribution >= 4 is 11.8 Å². The van der Waals surface area contributed by atoms with Gasteiger partial charge >= 0.3 is 0 Å². The zero-order valence-electron chi connectivity index (χ0n) is 18.7. The summed E-state index contributed by atoms with van der Waals surface area (Å²) in [5, 5.41) is 13.1. The topological polar surface area (TPSA) is 62.1 Å². The third-order valence-corrected chi connectivity index (χ3v) is 7.79. The third kappa shape index (κ3) is 4.27. The van der Waals surface area contributed by atoms with E-state index in [0.717, 1.165) is 47.0 Å². The van der Waals surface area contributed by atoms with Crippen molar-refractivity contribution in [3.8, 4) is 5.69 Å². The van der Waals surface area contributed by atoms with Gasteiger partial charge in [0.25, 0.3) is 0 Å². The maximum atomic E-state index is 6.75. The highest BCUT2D eigenvalue weighted by Crippen LogP contribution is 2.54. The summed E-state index contributed by atoms with van der Waals surface area (Å²) in [4.78, 5) is 0. The number of aromatic nitrogens is 4. The Balaban J connectivity index is 1.17. The Morgan fingerprint density at radius 1 is 0.824 bits per heavy atom.